The standard InChI is InChI=1S/C23H35N3O3/c1-19(27)25-12-9-22(10-13-25)23(28)26-15-14-24(16-21(17-26)18-29-2)11-8-20-6-4-3-5-7-20/h3-7,21-22H,8-18H2,1-2H3. The van der Waals surface area contributed by atoms with E-state index in [0.717, 1.165) is 52.0 Å². The third-order valence-electron chi connectivity index (χ3n) is 6.24. The van der Waals surface area contributed by atoms with E-state index >= 15 is 0 Å². The van der Waals surface area contributed by atoms with Gasteiger partial charge in [0.1, 0.15) is 0 Å². The van der Waals surface area contributed by atoms with Crippen LogP contribution < -0.4 is 0 Å². The van der Waals surface area contributed by atoms with Crippen molar-refractivity contribution in [1.82, 2.24) is 14.7 Å². The predicted octanol–water partition coefficient (Wildman–Crippen LogP) is 1.89. The Hall–Kier alpha value is -1.92. The zero-order chi connectivity index (χ0) is 20.6. The Morgan fingerprint density at radius 1 is 1.00 bits per heavy atom. The third kappa shape index (κ3) is 6.28. The van der Waals surface area contributed by atoms with Gasteiger partial charge in [-0.2, -0.15) is 0 Å². The minimum absolute atomic E-state index is 0.0460. The van der Waals surface area contributed by atoms with Crippen LogP contribution in [0.4, 0.5) is 0 Å². The van der Waals surface area contributed by atoms with Gasteiger partial charge < -0.3 is 19.4 Å². The molecule has 0 radical (unpaired) electrons. The summed E-state index contributed by atoms with van der Waals surface area (Å²) in [6.45, 7) is 8.10. The Balaban J connectivity index is 1.56. The molecule has 2 aliphatic heterocycles. The summed E-state index contributed by atoms with van der Waals surface area (Å²) in [6.07, 6.45) is 2.58. The van der Waals surface area contributed by atoms with Crippen molar-refractivity contribution in [3.8, 4) is 0 Å². The maximum Gasteiger partial charge on any atom is 0.225 e. The minimum atomic E-state index is 0.0460. The van der Waals surface area contributed by atoms with E-state index in [1.807, 2.05) is 4.90 Å². The van der Waals surface area contributed by atoms with E-state index in [9.17, 15) is 9.59 Å². The molecule has 1 aromatic carbocycles. The second kappa shape index (κ2) is 10.7. The van der Waals surface area contributed by atoms with E-state index in [1.165, 1.54) is 5.56 Å². The predicted molar refractivity (Wildman–Crippen MR) is 114 cm³/mol. The van der Waals surface area contributed by atoms with Crippen LogP contribution in [0.5, 0.6) is 0 Å². The third-order valence-corrected chi connectivity index (χ3v) is 6.24. The largest absolute Gasteiger partial charge is 0.384 e. The van der Waals surface area contributed by atoms with Crippen LogP contribution in [-0.2, 0) is 20.7 Å². The van der Waals surface area contributed by atoms with Crippen molar-refractivity contribution in [2.24, 2.45) is 11.8 Å². The highest BCUT2D eigenvalue weighted by molar-refractivity contribution is 5.79. The fourth-order valence-electron chi connectivity index (χ4n) is 4.56. The van der Waals surface area contributed by atoms with Crippen LogP contribution in [0.2, 0.25) is 0 Å². The van der Waals surface area contributed by atoms with Crippen molar-refractivity contribution in [1.29, 1.82) is 0 Å². The van der Waals surface area contributed by atoms with Gasteiger partial charge in [0.25, 0.3) is 0 Å². The lowest BCUT2D eigenvalue weighted by Gasteiger charge is -2.34. The van der Waals surface area contributed by atoms with Gasteiger partial charge in [0.2, 0.25) is 11.8 Å². The number of benzene rings is 1. The number of nitrogens with zero attached hydrogens (tertiary/aromatic N) is 3. The molecular formula is C23H35N3O3. The summed E-state index contributed by atoms with van der Waals surface area (Å²) in [5.41, 5.74) is 1.35. The Morgan fingerprint density at radius 3 is 2.38 bits per heavy atom. The van der Waals surface area contributed by atoms with Crippen LogP contribution in [0.3, 0.4) is 0 Å². The van der Waals surface area contributed by atoms with Gasteiger partial charge in [-0.25, -0.2) is 0 Å². The van der Waals surface area contributed by atoms with Gasteiger partial charge in [0.15, 0.2) is 0 Å². The van der Waals surface area contributed by atoms with E-state index in [0.29, 0.717) is 25.6 Å². The molecule has 0 spiro atoms. The van der Waals surface area contributed by atoms with E-state index in [-0.39, 0.29) is 17.7 Å². The average molecular weight is 402 g/mol. The fourth-order valence-corrected chi connectivity index (χ4v) is 4.56. The Morgan fingerprint density at radius 2 is 1.72 bits per heavy atom. The second-order valence-corrected chi connectivity index (χ2v) is 8.42. The number of methoxy groups -OCH3 is 1. The molecule has 2 aliphatic rings. The van der Waals surface area contributed by atoms with Gasteiger partial charge in [0.05, 0.1) is 6.61 Å². The van der Waals surface area contributed by atoms with Crippen LogP contribution in [0.15, 0.2) is 30.3 Å². The maximum atomic E-state index is 13.2. The number of hydrogen-bond donors (Lipinski definition) is 0. The molecule has 0 N–H and O–H groups in total. The summed E-state index contributed by atoms with van der Waals surface area (Å²) in [5.74, 6) is 0.753. The van der Waals surface area contributed by atoms with E-state index in [1.54, 1.807) is 14.0 Å². The van der Waals surface area contributed by atoms with Gasteiger partial charge in [0, 0.05) is 71.7 Å². The summed E-state index contributed by atoms with van der Waals surface area (Å²) >= 11 is 0. The highest BCUT2D eigenvalue weighted by atomic mass is 16.5. The maximum absolute atomic E-state index is 13.2. The van der Waals surface area contributed by atoms with Crippen LogP contribution in [-0.4, -0.2) is 86.0 Å². The number of likely N-dealkylation sites (tertiary alicyclic amines) is 1. The molecule has 2 amide bonds. The van der Waals surface area contributed by atoms with Crippen molar-refractivity contribution in [3.63, 3.8) is 0 Å². The topological polar surface area (TPSA) is 53.1 Å². The lowest BCUT2D eigenvalue weighted by atomic mass is 9.95. The molecule has 1 atom stereocenters. The molecule has 6 heteroatoms. The highest BCUT2D eigenvalue weighted by Crippen LogP contribution is 2.22. The van der Waals surface area contributed by atoms with Crippen LogP contribution in [0.1, 0.15) is 25.3 Å². The van der Waals surface area contributed by atoms with Crippen molar-refractivity contribution in [2.75, 3.05) is 59.5 Å². The Kier molecular flexibility index (Phi) is 8.07. The first-order valence-electron chi connectivity index (χ1n) is 10.9. The quantitative estimate of drug-likeness (QED) is 0.731. The molecule has 2 saturated heterocycles. The first-order valence-corrected chi connectivity index (χ1v) is 10.9. The number of ether oxygens (including phenoxy) is 1. The lowest BCUT2D eigenvalue weighted by molar-refractivity contribution is -0.140. The van der Waals surface area contributed by atoms with Crippen LogP contribution in [0.25, 0.3) is 0 Å². The minimum Gasteiger partial charge on any atom is -0.384 e. The smallest absolute Gasteiger partial charge is 0.225 e. The summed E-state index contributed by atoms with van der Waals surface area (Å²) in [5, 5.41) is 0. The second-order valence-electron chi connectivity index (χ2n) is 8.42. The zero-order valence-electron chi connectivity index (χ0n) is 17.9. The fraction of sp³-hybridized carbons (Fsp3) is 0.652. The highest BCUT2D eigenvalue weighted by Gasteiger charge is 2.32. The number of rotatable bonds is 6. The van der Waals surface area contributed by atoms with E-state index in [2.05, 4.69) is 40.1 Å². The number of hydrogen-bond acceptors (Lipinski definition) is 4. The van der Waals surface area contributed by atoms with E-state index < -0.39 is 0 Å². The average Bonchev–Trinajstić information content (AvgIpc) is 2.95. The molecule has 3 rings (SSSR count). The number of carbonyl (C=O) groups excluding carboxylic acids is 2. The molecule has 160 valence electrons. The van der Waals surface area contributed by atoms with Gasteiger partial charge in [-0.3, -0.25) is 9.59 Å². The van der Waals surface area contributed by atoms with Gasteiger partial charge in [-0.15, -0.1) is 0 Å². The molecule has 29 heavy (non-hydrogen) atoms. The molecule has 0 aromatic heterocycles. The van der Waals surface area contributed by atoms with Crippen molar-refractivity contribution < 1.29 is 14.3 Å². The summed E-state index contributed by atoms with van der Waals surface area (Å²) < 4.78 is 5.45. The summed E-state index contributed by atoms with van der Waals surface area (Å²) in [7, 11) is 1.74. The van der Waals surface area contributed by atoms with Crippen molar-refractivity contribution in [2.45, 2.75) is 26.2 Å². The number of amides is 2. The summed E-state index contributed by atoms with van der Waals surface area (Å²) in [6, 6.07) is 10.6. The normalized spacial score (nSPS) is 21.8. The van der Waals surface area contributed by atoms with Crippen LogP contribution >= 0.6 is 0 Å². The molecule has 1 unspecified atom stereocenters. The zero-order valence-corrected chi connectivity index (χ0v) is 17.9. The first-order chi connectivity index (χ1) is 14.1. The van der Waals surface area contributed by atoms with Gasteiger partial charge in [-0.1, -0.05) is 30.3 Å². The molecule has 0 saturated carbocycles. The molecule has 6 nitrogen and oxygen atoms in total. The van der Waals surface area contributed by atoms with Crippen molar-refractivity contribution in [3.05, 3.63) is 35.9 Å². The SMILES string of the molecule is COCC1CN(CCc2ccccc2)CCN(C(=O)C2CCN(C(C)=O)CC2)C1. The Bertz CT molecular complexity index is 659. The lowest BCUT2D eigenvalue weighted by Crippen LogP contribution is -2.45. The van der Waals surface area contributed by atoms with Gasteiger partial charge >= 0.3 is 0 Å². The van der Waals surface area contributed by atoms with E-state index in [4.69, 9.17) is 4.74 Å². The molecule has 2 fully saturated rings. The van der Waals surface area contributed by atoms with Gasteiger partial charge in [-0.05, 0) is 24.8 Å². The molecule has 2 heterocycles. The number of piperidine rings is 1. The van der Waals surface area contributed by atoms with Crippen molar-refractivity contribution >= 4 is 11.8 Å². The summed E-state index contributed by atoms with van der Waals surface area (Å²) in [4.78, 5) is 31.1. The van der Waals surface area contributed by atoms with Crippen LogP contribution in [0, 0.1) is 11.8 Å². The molecule has 0 aliphatic carbocycles. The molecule has 1 aromatic rings. The molecule has 0 bridgehead atoms. The first kappa shape index (κ1) is 21.8. The number of carbonyl (C=O) groups is 2. The molecular weight excluding hydrogens is 366 g/mol. The monoisotopic (exact) mass is 401 g/mol. The Labute approximate surface area is 174 Å².